The Morgan fingerprint density at radius 1 is 1.53 bits per heavy atom. The molecule has 0 heterocycles. The number of carbonyl (C=O) groups excluding carboxylic acids is 1. The molecule has 5 nitrogen and oxygen atoms in total. The summed E-state index contributed by atoms with van der Waals surface area (Å²) in [4.78, 5) is 13.1. The van der Waals surface area contributed by atoms with Gasteiger partial charge in [-0.2, -0.15) is 0 Å². The van der Waals surface area contributed by atoms with Gasteiger partial charge in [0.15, 0.2) is 0 Å². The van der Waals surface area contributed by atoms with Gasteiger partial charge in [-0.25, -0.2) is 4.79 Å². The van der Waals surface area contributed by atoms with E-state index in [0.717, 1.165) is 5.56 Å². The van der Waals surface area contributed by atoms with Crippen LogP contribution in [0.1, 0.15) is 12.5 Å². The summed E-state index contributed by atoms with van der Waals surface area (Å²) in [6.07, 6.45) is 0. The van der Waals surface area contributed by atoms with Crippen molar-refractivity contribution in [3.63, 3.8) is 0 Å². The summed E-state index contributed by atoms with van der Waals surface area (Å²) < 4.78 is 5.47. The van der Waals surface area contributed by atoms with E-state index >= 15 is 0 Å². The number of nitrogens with zero attached hydrogens (tertiary/aromatic N) is 1. The Morgan fingerprint density at radius 3 is 2.89 bits per heavy atom. The lowest BCUT2D eigenvalue weighted by molar-refractivity contribution is 0.190. The summed E-state index contributed by atoms with van der Waals surface area (Å²) in [5.41, 5.74) is 0.858. The fourth-order valence-corrected chi connectivity index (χ4v) is 1.68. The second-order valence-corrected chi connectivity index (χ2v) is 4.43. The predicted molar refractivity (Wildman–Crippen MR) is 74.6 cm³/mol. The molecule has 0 radical (unpaired) electrons. The quantitative estimate of drug-likeness (QED) is 0.839. The van der Waals surface area contributed by atoms with E-state index in [0.29, 0.717) is 30.5 Å². The largest absolute Gasteiger partial charge is 0.493 e. The average Bonchev–Trinajstić information content (AvgIpc) is 2.38. The molecule has 1 rings (SSSR count). The van der Waals surface area contributed by atoms with Crippen molar-refractivity contribution in [1.29, 1.82) is 0 Å². The monoisotopic (exact) mass is 286 g/mol. The highest BCUT2D eigenvalue weighted by molar-refractivity contribution is 6.30. The van der Waals surface area contributed by atoms with Gasteiger partial charge in [0.05, 0.1) is 13.2 Å². The molecule has 2 amide bonds. The number of rotatable bonds is 6. The maximum absolute atomic E-state index is 11.7. The number of amides is 2. The Balaban J connectivity index is 2.64. The van der Waals surface area contributed by atoms with Gasteiger partial charge in [-0.3, -0.25) is 0 Å². The normalized spacial score (nSPS) is 10.1. The minimum absolute atomic E-state index is 0.0605. The van der Waals surface area contributed by atoms with E-state index in [2.05, 4.69) is 5.32 Å². The third-order valence-electron chi connectivity index (χ3n) is 2.54. The van der Waals surface area contributed by atoms with Gasteiger partial charge in [0.25, 0.3) is 0 Å². The smallest absolute Gasteiger partial charge is 0.317 e. The summed E-state index contributed by atoms with van der Waals surface area (Å²) >= 11 is 5.90. The molecule has 2 N–H and O–H groups in total. The zero-order valence-corrected chi connectivity index (χ0v) is 11.9. The predicted octanol–water partition coefficient (Wildman–Crippen LogP) is 1.87. The topological polar surface area (TPSA) is 61.8 Å². The summed E-state index contributed by atoms with van der Waals surface area (Å²) in [7, 11) is 1.62. The number of carbonyl (C=O) groups is 1. The number of likely N-dealkylation sites (N-methyl/N-ethyl adjacent to an activating group) is 1. The number of hydrogen-bond donors (Lipinski definition) is 2. The van der Waals surface area contributed by atoms with Gasteiger partial charge in [0, 0.05) is 30.7 Å². The van der Waals surface area contributed by atoms with Gasteiger partial charge in [0.1, 0.15) is 5.75 Å². The lowest BCUT2D eigenvalue weighted by Crippen LogP contribution is -2.38. The molecule has 0 saturated carbocycles. The Labute approximate surface area is 118 Å². The molecule has 0 saturated heterocycles. The second-order valence-electron chi connectivity index (χ2n) is 3.99. The van der Waals surface area contributed by atoms with E-state index in [4.69, 9.17) is 21.4 Å². The van der Waals surface area contributed by atoms with Gasteiger partial charge in [-0.05, 0) is 19.1 Å². The number of aliphatic hydroxyl groups excluding tert-OH is 1. The van der Waals surface area contributed by atoms with Crippen LogP contribution in [0.5, 0.6) is 5.75 Å². The lowest BCUT2D eigenvalue weighted by Gasteiger charge is -2.17. The maximum atomic E-state index is 11.7. The first kappa shape index (κ1) is 15.6. The van der Waals surface area contributed by atoms with Crippen LogP contribution in [0.25, 0.3) is 0 Å². The van der Waals surface area contributed by atoms with Gasteiger partial charge in [-0.1, -0.05) is 17.7 Å². The van der Waals surface area contributed by atoms with Crippen LogP contribution in [0, 0.1) is 0 Å². The van der Waals surface area contributed by atoms with E-state index in [1.165, 1.54) is 4.90 Å². The summed E-state index contributed by atoms with van der Waals surface area (Å²) in [6.45, 7) is 3.00. The first-order valence-corrected chi connectivity index (χ1v) is 6.47. The standard InChI is InChI=1S/C13H19ClN2O3/c1-3-19-12-8-11(14)5-4-10(12)9-15-13(18)16(2)6-7-17/h4-5,8,17H,3,6-7,9H2,1-2H3,(H,15,18). The van der Waals surface area contributed by atoms with Crippen LogP contribution in [-0.2, 0) is 6.54 Å². The molecule has 106 valence electrons. The average molecular weight is 287 g/mol. The van der Waals surface area contributed by atoms with Crippen molar-refractivity contribution in [1.82, 2.24) is 10.2 Å². The number of aliphatic hydroxyl groups is 1. The molecule has 6 heteroatoms. The molecule has 0 bridgehead atoms. The van der Waals surface area contributed by atoms with Crippen molar-refractivity contribution in [3.8, 4) is 5.75 Å². The van der Waals surface area contributed by atoms with E-state index in [1.807, 2.05) is 13.0 Å². The highest BCUT2D eigenvalue weighted by Gasteiger charge is 2.09. The fourth-order valence-electron chi connectivity index (χ4n) is 1.52. The number of nitrogens with one attached hydrogen (secondary N) is 1. The third-order valence-corrected chi connectivity index (χ3v) is 2.78. The molecule has 19 heavy (non-hydrogen) atoms. The number of urea groups is 1. The van der Waals surface area contributed by atoms with Crippen LogP contribution in [-0.4, -0.2) is 42.8 Å². The van der Waals surface area contributed by atoms with Gasteiger partial charge < -0.3 is 20.1 Å². The molecular formula is C13H19ClN2O3. The summed E-state index contributed by atoms with van der Waals surface area (Å²) in [6, 6.07) is 5.05. The Morgan fingerprint density at radius 2 is 2.26 bits per heavy atom. The first-order chi connectivity index (χ1) is 9.08. The van der Waals surface area contributed by atoms with Gasteiger partial charge >= 0.3 is 6.03 Å². The molecule has 0 unspecified atom stereocenters. The molecule has 0 aromatic heterocycles. The Bertz CT molecular complexity index is 426. The molecule has 0 fully saturated rings. The number of hydrogen-bond acceptors (Lipinski definition) is 3. The summed E-state index contributed by atoms with van der Waals surface area (Å²) in [5, 5.41) is 12.1. The first-order valence-electron chi connectivity index (χ1n) is 6.09. The van der Waals surface area contributed by atoms with E-state index in [-0.39, 0.29) is 12.6 Å². The lowest BCUT2D eigenvalue weighted by atomic mass is 10.2. The molecule has 0 atom stereocenters. The van der Waals surface area contributed by atoms with Crippen LogP contribution in [0.2, 0.25) is 5.02 Å². The third kappa shape index (κ3) is 4.96. The molecule has 1 aromatic carbocycles. The second kappa shape index (κ2) is 7.86. The number of benzene rings is 1. The van der Waals surface area contributed by atoms with Crippen LogP contribution in [0.4, 0.5) is 4.79 Å². The zero-order valence-electron chi connectivity index (χ0n) is 11.1. The van der Waals surface area contributed by atoms with Gasteiger partial charge in [-0.15, -0.1) is 0 Å². The highest BCUT2D eigenvalue weighted by Crippen LogP contribution is 2.23. The highest BCUT2D eigenvalue weighted by atomic mass is 35.5. The minimum Gasteiger partial charge on any atom is -0.493 e. The molecule has 0 spiro atoms. The summed E-state index contributed by atoms with van der Waals surface area (Å²) in [5.74, 6) is 0.667. The molecule has 0 aliphatic heterocycles. The minimum atomic E-state index is -0.244. The van der Waals surface area contributed by atoms with Crippen LogP contribution in [0.3, 0.4) is 0 Å². The van der Waals surface area contributed by atoms with E-state index < -0.39 is 0 Å². The zero-order chi connectivity index (χ0) is 14.3. The molecular weight excluding hydrogens is 268 g/mol. The van der Waals surface area contributed by atoms with Crippen molar-refractivity contribution in [2.24, 2.45) is 0 Å². The number of halogens is 1. The molecule has 1 aromatic rings. The van der Waals surface area contributed by atoms with E-state index in [9.17, 15) is 4.79 Å². The van der Waals surface area contributed by atoms with Crippen molar-refractivity contribution in [3.05, 3.63) is 28.8 Å². The Kier molecular flexibility index (Phi) is 6.45. The molecule has 0 aliphatic rings. The van der Waals surface area contributed by atoms with Crippen LogP contribution in [0.15, 0.2) is 18.2 Å². The molecule has 0 aliphatic carbocycles. The Hall–Kier alpha value is -1.46. The van der Waals surface area contributed by atoms with Gasteiger partial charge in [0.2, 0.25) is 0 Å². The SMILES string of the molecule is CCOc1cc(Cl)ccc1CNC(=O)N(C)CCO. The van der Waals surface area contributed by atoms with Crippen molar-refractivity contribution < 1.29 is 14.6 Å². The van der Waals surface area contributed by atoms with Crippen molar-refractivity contribution in [2.45, 2.75) is 13.5 Å². The van der Waals surface area contributed by atoms with Crippen LogP contribution < -0.4 is 10.1 Å². The van der Waals surface area contributed by atoms with Crippen molar-refractivity contribution >= 4 is 17.6 Å². The van der Waals surface area contributed by atoms with Crippen molar-refractivity contribution in [2.75, 3.05) is 26.8 Å². The number of ether oxygens (including phenoxy) is 1. The fraction of sp³-hybridized carbons (Fsp3) is 0.462. The van der Waals surface area contributed by atoms with Crippen LogP contribution >= 0.6 is 11.6 Å². The maximum Gasteiger partial charge on any atom is 0.317 e. The van der Waals surface area contributed by atoms with E-state index in [1.54, 1.807) is 19.2 Å².